The number of hydrogen-bond donors (Lipinski definition) is 1. The largest absolute Gasteiger partial charge is 0.454 e. The minimum Gasteiger partial charge on any atom is -0.454 e. The van der Waals surface area contributed by atoms with E-state index in [2.05, 4.69) is 4.98 Å². The van der Waals surface area contributed by atoms with Crippen molar-refractivity contribution in [1.29, 1.82) is 0 Å². The predicted octanol–water partition coefficient (Wildman–Crippen LogP) is 3.45. The van der Waals surface area contributed by atoms with Gasteiger partial charge in [-0.1, -0.05) is 18.3 Å². The number of esters is 1. The monoisotopic (exact) mass is 313 g/mol. The Labute approximate surface area is 131 Å². The van der Waals surface area contributed by atoms with Gasteiger partial charge in [-0.05, 0) is 36.8 Å². The van der Waals surface area contributed by atoms with E-state index in [1.807, 2.05) is 31.2 Å². The van der Waals surface area contributed by atoms with Gasteiger partial charge in [-0.2, -0.15) is 0 Å². The van der Waals surface area contributed by atoms with Crippen molar-refractivity contribution >= 4 is 30.0 Å². The van der Waals surface area contributed by atoms with E-state index in [-0.39, 0.29) is 6.79 Å². The Hall–Kier alpha value is -2.60. The summed E-state index contributed by atoms with van der Waals surface area (Å²) in [6.45, 7) is 2.11. The normalized spacial score (nSPS) is 16.8. The van der Waals surface area contributed by atoms with Crippen molar-refractivity contribution in [2.24, 2.45) is 0 Å². The number of aryl methyl sites for hydroxylation is 1. The van der Waals surface area contributed by atoms with Crippen molar-refractivity contribution < 1.29 is 19.0 Å². The summed E-state index contributed by atoms with van der Waals surface area (Å²) in [4.78, 5) is 15.0. The fourth-order valence-electron chi connectivity index (χ4n) is 2.55. The van der Waals surface area contributed by atoms with E-state index in [4.69, 9.17) is 26.4 Å². The second kappa shape index (κ2) is 4.71. The Bertz CT molecular complexity index is 898. The summed E-state index contributed by atoms with van der Waals surface area (Å²) in [5.74, 6) is 1.45. The lowest BCUT2D eigenvalue weighted by atomic mass is 10.1. The smallest absolute Gasteiger partial charge is 0.347 e. The molecule has 0 unspecified atom stereocenters. The Balaban J connectivity index is 1.82. The van der Waals surface area contributed by atoms with Crippen LogP contribution in [0.4, 0.5) is 0 Å². The third-order valence-corrected chi connectivity index (χ3v) is 3.84. The number of benzene rings is 1. The van der Waals surface area contributed by atoms with Crippen molar-refractivity contribution in [3.8, 4) is 11.5 Å². The maximum atomic E-state index is 12.0. The molecule has 1 aromatic carbocycles. The summed E-state index contributed by atoms with van der Waals surface area (Å²) in [5, 5.41) is 0. The number of carbonyl (C=O) groups excluding carboxylic acids is 1. The van der Waals surface area contributed by atoms with Crippen molar-refractivity contribution in [2.75, 3.05) is 6.79 Å². The number of H-pyrrole nitrogens is 1. The third-order valence-electron chi connectivity index (χ3n) is 3.53. The fourth-order valence-corrected chi connectivity index (χ4v) is 2.91. The second-order valence-corrected chi connectivity index (χ2v) is 5.49. The highest BCUT2D eigenvalue weighted by atomic mass is 32.1. The number of ether oxygens (including phenoxy) is 3. The zero-order valence-electron chi connectivity index (χ0n) is 11.6. The van der Waals surface area contributed by atoms with Crippen LogP contribution >= 0.6 is 12.2 Å². The van der Waals surface area contributed by atoms with Gasteiger partial charge in [0, 0.05) is 11.3 Å². The molecule has 4 rings (SSSR count). The molecule has 0 spiro atoms. The van der Waals surface area contributed by atoms with E-state index in [1.165, 1.54) is 0 Å². The van der Waals surface area contributed by atoms with Gasteiger partial charge in [0.15, 0.2) is 11.5 Å². The van der Waals surface area contributed by atoms with Crippen LogP contribution in [0.3, 0.4) is 0 Å². The SMILES string of the molecule is Cc1cc2c(c(=S)[nH]1)C(=O)OC2=Cc1ccc2c(c1)OCO2. The van der Waals surface area contributed by atoms with Gasteiger partial charge < -0.3 is 19.2 Å². The Morgan fingerprint density at radius 1 is 1.23 bits per heavy atom. The highest BCUT2D eigenvalue weighted by Crippen LogP contribution is 2.36. The number of pyridine rings is 1. The van der Waals surface area contributed by atoms with Crippen LogP contribution in [-0.2, 0) is 4.74 Å². The number of aromatic amines is 1. The summed E-state index contributed by atoms with van der Waals surface area (Å²) >= 11 is 5.21. The lowest BCUT2D eigenvalue weighted by Crippen LogP contribution is -1.97. The lowest BCUT2D eigenvalue weighted by Gasteiger charge is -2.02. The first kappa shape index (κ1) is 13.1. The van der Waals surface area contributed by atoms with Crippen LogP contribution in [0.25, 0.3) is 11.8 Å². The number of carbonyl (C=O) groups is 1. The number of hydrogen-bond acceptors (Lipinski definition) is 5. The van der Waals surface area contributed by atoms with Crippen molar-refractivity contribution in [3.05, 3.63) is 51.3 Å². The molecule has 1 aromatic heterocycles. The molecule has 0 bridgehead atoms. The van der Waals surface area contributed by atoms with E-state index in [9.17, 15) is 4.79 Å². The van der Waals surface area contributed by atoms with Crippen LogP contribution in [0.5, 0.6) is 11.5 Å². The molecule has 110 valence electrons. The summed E-state index contributed by atoms with van der Waals surface area (Å²) in [6.07, 6.45) is 1.79. The number of fused-ring (bicyclic) bond motifs is 2. The van der Waals surface area contributed by atoms with Crippen molar-refractivity contribution in [2.45, 2.75) is 6.92 Å². The summed E-state index contributed by atoms with van der Waals surface area (Å²) in [6, 6.07) is 7.41. The summed E-state index contributed by atoms with van der Waals surface area (Å²) in [7, 11) is 0. The molecule has 3 heterocycles. The maximum absolute atomic E-state index is 12.0. The molecule has 1 N–H and O–H groups in total. The van der Waals surface area contributed by atoms with Crippen LogP contribution < -0.4 is 9.47 Å². The van der Waals surface area contributed by atoms with Gasteiger partial charge in [0.25, 0.3) is 0 Å². The quantitative estimate of drug-likeness (QED) is 0.645. The molecule has 0 aliphatic carbocycles. The number of nitrogens with one attached hydrogen (secondary N) is 1. The molecule has 6 heteroatoms. The van der Waals surface area contributed by atoms with Gasteiger partial charge in [-0.25, -0.2) is 4.79 Å². The fraction of sp³-hybridized carbons (Fsp3) is 0.125. The van der Waals surface area contributed by atoms with Crippen LogP contribution in [0.1, 0.15) is 27.2 Å². The third kappa shape index (κ3) is 2.00. The molecule has 5 nitrogen and oxygen atoms in total. The molecular weight excluding hydrogens is 302 g/mol. The van der Waals surface area contributed by atoms with E-state index in [1.54, 1.807) is 6.08 Å². The van der Waals surface area contributed by atoms with E-state index in [0.717, 1.165) is 11.3 Å². The van der Waals surface area contributed by atoms with Crippen LogP contribution in [0.15, 0.2) is 24.3 Å². The molecule has 0 fully saturated rings. The first-order valence-electron chi connectivity index (χ1n) is 6.69. The zero-order chi connectivity index (χ0) is 15.3. The van der Waals surface area contributed by atoms with E-state index in [0.29, 0.717) is 33.0 Å². The van der Waals surface area contributed by atoms with Gasteiger partial charge in [-0.3, -0.25) is 0 Å². The molecule has 0 saturated heterocycles. The number of rotatable bonds is 1. The first-order valence-corrected chi connectivity index (χ1v) is 7.10. The highest BCUT2D eigenvalue weighted by molar-refractivity contribution is 7.71. The Morgan fingerprint density at radius 2 is 2.05 bits per heavy atom. The Kier molecular flexibility index (Phi) is 2.80. The van der Waals surface area contributed by atoms with Gasteiger partial charge in [0.1, 0.15) is 16.0 Å². The van der Waals surface area contributed by atoms with E-state index >= 15 is 0 Å². The maximum Gasteiger partial charge on any atom is 0.347 e. The second-order valence-electron chi connectivity index (χ2n) is 5.08. The van der Waals surface area contributed by atoms with Gasteiger partial charge >= 0.3 is 5.97 Å². The average Bonchev–Trinajstić information content (AvgIpc) is 3.03. The molecule has 0 atom stereocenters. The van der Waals surface area contributed by atoms with Crippen molar-refractivity contribution in [3.63, 3.8) is 0 Å². The molecule has 0 amide bonds. The molecule has 2 aromatic rings. The number of cyclic esters (lactones) is 1. The van der Waals surface area contributed by atoms with Crippen LogP contribution in [0, 0.1) is 11.6 Å². The highest BCUT2D eigenvalue weighted by Gasteiger charge is 2.28. The standard InChI is InChI=1S/C16H11NO4S/c1-8-4-10-12(21-16(18)14(10)15(22)17-8)5-9-2-3-11-13(6-9)20-7-19-11/h2-6H,7H2,1H3,(H,17,22). The minimum atomic E-state index is -0.428. The predicted molar refractivity (Wildman–Crippen MR) is 82.2 cm³/mol. The molecule has 0 radical (unpaired) electrons. The molecule has 0 saturated carbocycles. The lowest BCUT2D eigenvalue weighted by molar-refractivity contribution is 0.0716. The van der Waals surface area contributed by atoms with Gasteiger partial charge in [0.05, 0.1) is 0 Å². The summed E-state index contributed by atoms with van der Waals surface area (Å²) < 4.78 is 16.4. The molecule has 22 heavy (non-hydrogen) atoms. The topological polar surface area (TPSA) is 60.6 Å². The first-order chi connectivity index (χ1) is 10.6. The van der Waals surface area contributed by atoms with Gasteiger partial charge in [-0.15, -0.1) is 0 Å². The van der Waals surface area contributed by atoms with Crippen molar-refractivity contribution in [1.82, 2.24) is 4.98 Å². The summed E-state index contributed by atoms with van der Waals surface area (Å²) in [5.41, 5.74) is 2.85. The molecule has 2 aliphatic rings. The molecular formula is C16H11NO4S. The minimum absolute atomic E-state index is 0.224. The average molecular weight is 313 g/mol. The van der Waals surface area contributed by atoms with Crippen LogP contribution in [-0.4, -0.2) is 17.7 Å². The zero-order valence-corrected chi connectivity index (χ0v) is 12.5. The Morgan fingerprint density at radius 3 is 2.91 bits per heavy atom. The van der Waals surface area contributed by atoms with Gasteiger partial charge in [0.2, 0.25) is 6.79 Å². The number of aromatic nitrogens is 1. The van der Waals surface area contributed by atoms with Crippen LogP contribution in [0.2, 0.25) is 0 Å². The van der Waals surface area contributed by atoms with E-state index < -0.39 is 5.97 Å². The molecule has 2 aliphatic heterocycles.